The maximum atomic E-state index is 12.9. The number of piperidine rings is 1. The number of carbonyl (C=O) groups excluding carboxylic acids is 1. The lowest BCUT2D eigenvalue weighted by molar-refractivity contribution is 0.0990. The summed E-state index contributed by atoms with van der Waals surface area (Å²) in [5.74, 6) is 0.757. The van der Waals surface area contributed by atoms with Crippen molar-refractivity contribution in [2.45, 2.75) is 25.4 Å². The second-order valence-electron chi connectivity index (χ2n) is 8.16. The van der Waals surface area contributed by atoms with Gasteiger partial charge in [0.1, 0.15) is 11.9 Å². The van der Waals surface area contributed by atoms with E-state index in [0.717, 1.165) is 53.8 Å². The van der Waals surface area contributed by atoms with Crippen molar-refractivity contribution < 1.29 is 9.53 Å². The van der Waals surface area contributed by atoms with Crippen LogP contribution in [0.5, 0.6) is 5.75 Å². The molecule has 0 amide bonds. The Balaban J connectivity index is 1.33. The number of aryl methyl sites for hydroxylation is 1. The highest BCUT2D eigenvalue weighted by molar-refractivity contribution is 5.98. The standard InChI is InChI=1S/C25H25N5O2/c1-30-16-19(15-28-30)23-6-5-18-14-27-20(12-24(18)29-23)13-25(31)17-3-2-4-22(11-17)32-21-7-9-26-10-8-21/h2-6,11-12,14-16,21,26H,7-10,13H2,1H3. The zero-order valence-electron chi connectivity index (χ0n) is 18.0. The second kappa shape index (κ2) is 8.88. The molecular formula is C25H25N5O2. The van der Waals surface area contributed by atoms with Gasteiger partial charge in [0.2, 0.25) is 0 Å². The van der Waals surface area contributed by atoms with Crippen LogP contribution in [0.2, 0.25) is 0 Å². The molecule has 0 unspecified atom stereocenters. The molecule has 1 saturated heterocycles. The first-order chi connectivity index (χ1) is 15.6. The maximum absolute atomic E-state index is 12.9. The Morgan fingerprint density at radius 3 is 2.84 bits per heavy atom. The number of nitrogens with one attached hydrogen (secondary N) is 1. The fourth-order valence-electron chi connectivity index (χ4n) is 3.98. The monoisotopic (exact) mass is 427 g/mol. The van der Waals surface area contributed by atoms with Crippen LogP contribution in [0.1, 0.15) is 28.9 Å². The van der Waals surface area contributed by atoms with E-state index < -0.39 is 0 Å². The van der Waals surface area contributed by atoms with Crippen LogP contribution in [0.15, 0.2) is 61.1 Å². The molecule has 0 saturated carbocycles. The number of pyridine rings is 2. The van der Waals surface area contributed by atoms with Crippen molar-refractivity contribution in [1.82, 2.24) is 25.1 Å². The van der Waals surface area contributed by atoms with Crippen molar-refractivity contribution in [2.75, 3.05) is 13.1 Å². The molecule has 5 rings (SSSR count). The van der Waals surface area contributed by atoms with Crippen molar-refractivity contribution in [1.29, 1.82) is 0 Å². The summed E-state index contributed by atoms with van der Waals surface area (Å²) in [6.07, 6.45) is 7.86. The third-order valence-corrected chi connectivity index (χ3v) is 5.72. The van der Waals surface area contributed by atoms with Gasteiger partial charge in [0.25, 0.3) is 0 Å². The number of carbonyl (C=O) groups is 1. The van der Waals surface area contributed by atoms with Gasteiger partial charge >= 0.3 is 0 Å². The van der Waals surface area contributed by atoms with E-state index in [2.05, 4.69) is 15.4 Å². The average Bonchev–Trinajstić information content (AvgIpc) is 3.26. The van der Waals surface area contributed by atoms with Gasteiger partial charge in [-0.05, 0) is 56.3 Å². The Bertz CT molecular complexity index is 1260. The minimum absolute atomic E-state index is 0.0102. The topological polar surface area (TPSA) is 81.9 Å². The molecule has 7 nitrogen and oxygen atoms in total. The molecule has 1 aliphatic heterocycles. The fraction of sp³-hybridized carbons (Fsp3) is 0.280. The molecule has 0 aliphatic carbocycles. The zero-order valence-corrected chi connectivity index (χ0v) is 18.0. The van der Waals surface area contributed by atoms with Gasteiger partial charge in [-0.15, -0.1) is 0 Å². The summed E-state index contributed by atoms with van der Waals surface area (Å²) in [4.78, 5) is 22.2. The van der Waals surface area contributed by atoms with Crippen LogP contribution in [0, 0.1) is 0 Å². The number of Topliss-reactive ketones (excluding diaryl/α,β-unsaturated/α-hetero) is 1. The highest BCUT2D eigenvalue weighted by atomic mass is 16.5. The lowest BCUT2D eigenvalue weighted by Gasteiger charge is -2.24. The SMILES string of the molecule is Cn1cc(-c2ccc3cnc(CC(=O)c4cccc(OC5CCNCC5)c4)cc3n2)cn1. The average molecular weight is 428 g/mol. The van der Waals surface area contributed by atoms with Crippen molar-refractivity contribution >= 4 is 16.7 Å². The lowest BCUT2D eigenvalue weighted by atomic mass is 10.0. The Kier molecular flexibility index (Phi) is 5.64. The molecule has 7 heteroatoms. The van der Waals surface area contributed by atoms with E-state index in [9.17, 15) is 4.79 Å². The van der Waals surface area contributed by atoms with Gasteiger partial charge in [-0.25, -0.2) is 4.98 Å². The molecule has 4 heterocycles. The fourth-order valence-corrected chi connectivity index (χ4v) is 3.98. The van der Waals surface area contributed by atoms with Gasteiger partial charge in [-0.3, -0.25) is 14.5 Å². The van der Waals surface area contributed by atoms with Crippen molar-refractivity contribution in [3.63, 3.8) is 0 Å². The molecule has 4 aromatic rings. The van der Waals surface area contributed by atoms with E-state index in [4.69, 9.17) is 9.72 Å². The largest absolute Gasteiger partial charge is 0.490 e. The number of ether oxygens (including phenoxy) is 1. The summed E-state index contributed by atoms with van der Waals surface area (Å²) in [5.41, 5.74) is 3.94. The number of aromatic nitrogens is 4. The number of rotatable bonds is 6. The lowest BCUT2D eigenvalue weighted by Crippen LogP contribution is -2.34. The Morgan fingerprint density at radius 1 is 1.16 bits per heavy atom. The Hall–Kier alpha value is -3.58. The third-order valence-electron chi connectivity index (χ3n) is 5.72. The van der Waals surface area contributed by atoms with E-state index in [1.165, 1.54) is 0 Å². The minimum Gasteiger partial charge on any atom is -0.490 e. The van der Waals surface area contributed by atoms with Crippen LogP contribution in [-0.2, 0) is 13.5 Å². The van der Waals surface area contributed by atoms with Crippen LogP contribution in [0.4, 0.5) is 0 Å². The number of benzene rings is 1. The molecule has 162 valence electrons. The molecule has 0 spiro atoms. The highest BCUT2D eigenvalue weighted by Crippen LogP contribution is 2.22. The predicted octanol–water partition coefficient (Wildman–Crippen LogP) is 3.59. The first kappa shape index (κ1) is 20.3. The molecule has 0 bridgehead atoms. The number of ketones is 1. The summed E-state index contributed by atoms with van der Waals surface area (Å²) >= 11 is 0. The third kappa shape index (κ3) is 4.53. The first-order valence-corrected chi connectivity index (χ1v) is 10.9. The van der Waals surface area contributed by atoms with Crippen molar-refractivity contribution in [3.8, 4) is 17.0 Å². The van der Waals surface area contributed by atoms with Crippen molar-refractivity contribution in [2.24, 2.45) is 7.05 Å². The number of hydrogen-bond donors (Lipinski definition) is 1. The van der Waals surface area contributed by atoms with Crippen LogP contribution in [0.3, 0.4) is 0 Å². The van der Waals surface area contributed by atoms with E-state index in [-0.39, 0.29) is 18.3 Å². The van der Waals surface area contributed by atoms with Gasteiger partial charge in [0, 0.05) is 36.0 Å². The molecule has 0 atom stereocenters. The highest BCUT2D eigenvalue weighted by Gasteiger charge is 2.16. The predicted molar refractivity (Wildman–Crippen MR) is 123 cm³/mol. The molecule has 32 heavy (non-hydrogen) atoms. The summed E-state index contributed by atoms with van der Waals surface area (Å²) in [6.45, 7) is 1.93. The number of hydrogen-bond acceptors (Lipinski definition) is 6. The van der Waals surface area contributed by atoms with E-state index in [1.807, 2.05) is 55.7 Å². The van der Waals surface area contributed by atoms with E-state index in [1.54, 1.807) is 17.1 Å². The maximum Gasteiger partial charge on any atom is 0.168 e. The summed E-state index contributed by atoms with van der Waals surface area (Å²) in [6, 6.07) is 13.3. The van der Waals surface area contributed by atoms with Crippen LogP contribution in [0.25, 0.3) is 22.2 Å². The Morgan fingerprint density at radius 2 is 2.03 bits per heavy atom. The van der Waals surface area contributed by atoms with Crippen LogP contribution >= 0.6 is 0 Å². The van der Waals surface area contributed by atoms with Crippen LogP contribution < -0.4 is 10.1 Å². The normalized spacial score (nSPS) is 14.5. The van der Waals surface area contributed by atoms with Gasteiger partial charge in [0.15, 0.2) is 5.78 Å². The van der Waals surface area contributed by atoms with Gasteiger partial charge in [0.05, 0.1) is 29.5 Å². The van der Waals surface area contributed by atoms with E-state index in [0.29, 0.717) is 11.3 Å². The zero-order chi connectivity index (χ0) is 21.9. The molecule has 3 aromatic heterocycles. The molecular weight excluding hydrogens is 402 g/mol. The summed E-state index contributed by atoms with van der Waals surface area (Å²) in [5, 5.41) is 8.48. The van der Waals surface area contributed by atoms with Gasteiger partial charge < -0.3 is 10.1 Å². The van der Waals surface area contributed by atoms with Crippen molar-refractivity contribution in [3.05, 3.63) is 72.3 Å². The van der Waals surface area contributed by atoms with Gasteiger partial charge in [-0.2, -0.15) is 5.10 Å². The van der Waals surface area contributed by atoms with E-state index >= 15 is 0 Å². The molecule has 1 aromatic carbocycles. The number of nitrogens with zero attached hydrogens (tertiary/aromatic N) is 4. The minimum atomic E-state index is 0.0102. The summed E-state index contributed by atoms with van der Waals surface area (Å²) in [7, 11) is 1.88. The van der Waals surface area contributed by atoms with Crippen LogP contribution in [-0.4, -0.2) is 44.7 Å². The molecule has 1 fully saturated rings. The first-order valence-electron chi connectivity index (χ1n) is 10.9. The number of fused-ring (bicyclic) bond motifs is 1. The van der Waals surface area contributed by atoms with Gasteiger partial charge in [-0.1, -0.05) is 12.1 Å². The molecule has 1 N–H and O–H groups in total. The summed E-state index contributed by atoms with van der Waals surface area (Å²) < 4.78 is 7.84. The second-order valence-corrected chi connectivity index (χ2v) is 8.16. The molecule has 1 aliphatic rings. The quantitative estimate of drug-likeness (QED) is 0.474. The Labute approximate surface area is 186 Å². The smallest absolute Gasteiger partial charge is 0.168 e. The molecule has 0 radical (unpaired) electrons.